The maximum Gasteiger partial charge on any atom is 0.251 e. The maximum atomic E-state index is 12.2. The summed E-state index contributed by atoms with van der Waals surface area (Å²) in [6.07, 6.45) is 4.46. The van der Waals surface area contributed by atoms with Gasteiger partial charge in [0.2, 0.25) is 12.2 Å². The average molecular weight is 287 g/mol. The molecule has 0 spiro atoms. The smallest absolute Gasteiger partial charge is 0.251 e. The highest BCUT2D eigenvalue weighted by Gasteiger charge is 2.24. The minimum Gasteiger partial charge on any atom is -0.391 e. The Morgan fingerprint density at radius 2 is 2.00 bits per heavy atom. The van der Waals surface area contributed by atoms with Crippen LogP contribution in [0.1, 0.15) is 36.0 Å². The zero-order valence-electron chi connectivity index (χ0n) is 11.5. The van der Waals surface area contributed by atoms with Crippen LogP contribution in [0.4, 0.5) is 0 Å². The van der Waals surface area contributed by atoms with E-state index in [9.17, 15) is 9.90 Å². The fourth-order valence-corrected chi connectivity index (χ4v) is 2.60. The number of hydrogen-bond donors (Lipinski definition) is 2. The molecule has 1 saturated carbocycles. The molecule has 6 nitrogen and oxygen atoms in total. The lowest BCUT2D eigenvalue weighted by molar-refractivity contribution is 0.0717. The number of benzene rings is 1. The maximum absolute atomic E-state index is 12.2. The van der Waals surface area contributed by atoms with Crippen molar-refractivity contribution in [2.24, 2.45) is 0 Å². The third-order valence-electron chi connectivity index (χ3n) is 3.81. The van der Waals surface area contributed by atoms with Crippen molar-refractivity contribution < 1.29 is 14.4 Å². The molecule has 6 heteroatoms. The van der Waals surface area contributed by atoms with Gasteiger partial charge < -0.3 is 14.9 Å². The summed E-state index contributed by atoms with van der Waals surface area (Å²) in [5.74, 6) is 0.324. The highest BCUT2D eigenvalue weighted by molar-refractivity contribution is 5.94. The first kappa shape index (κ1) is 13.8. The van der Waals surface area contributed by atoms with E-state index in [0.717, 1.165) is 31.2 Å². The van der Waals surface area contributed by atoms with E-state index in [-0.39, 0.29) is 11.9 Å². The molecule has 0 radical (unpaired) electrons. The van der Waals surface area contributed by atoms with E-state index in [1.54, 1.807) is 24.3 Å². The van der Waals surface area contributed by atoms with Crippen molar-refractivity contribution >= 4 is 5.91 Å². The van der Waals surface area contributed by atoms with E-state index in [1.807, 2.05) is 0 Å². The molecule has 1 aromatic carbocycles. The number of aromatic nitrogens is 2. The van der Waals surface area contributed by atoms with Crippen molar-refractivity contribution in [1.82, 2.24) is 15.5 Å². The number of carbonyl (C=O) groups is 1. The van der Waals surface area contributed by atoms with Crippen molar-refractivity contribution in [2.45, 2.75) is 37.8 Å². The molecule has 0 saturated heterocycles. The van der Waals surface area contributed by atoms with Gasteiger partial charge in [0, 0.05) is 11.1 Å². The van der Waals surface area contributed by atoms with Crippen LogP contribution in [-0.2, 0) is 0 Å². The molecule has 1 aliphatic carbocycles. The molecule has 110 valence electrons. The van der Waals surface area contributed by atoms with Crippen molar-refractivity contribution in [3.63, 3.8) is 0 Å². The number of rotatable bonds is 3. The lowest BCUT2D eigenvalue weighted by atomic mass is 9.92. The van der Waals surface area contributed by atoms with Crippen LogP contribution < -0.4 is 5.32 Å². The number of hydrogen-bond acceptors (Lipinski definition) is 5. The van der Waals surface area contributed by atoms with Crippen LogP contribution in [0.3, 0.4) is 0 Å². The van der Waals surface area contributed by atoms with Crippen LogP contribution in [-0.4, -0.2) is 33.3 Å². The van der Waals surface area contributed by atoms with Crippen LogP contribution in [0, 0.1) is 0 Å². The lowest BCUT2D eigenvalue weighted by Crippen LogP contribution is -2.45. The van der Waals surface area contributed by atoms with Gasteiger partial charge in [-0.1, -0.05) is 30.1 Å². The predicted octanol–water partition coefficient (Wildman–Crippen LogP) is 1.77. The second-order valence-electron chi connectivity index (χ2n) is 5.26. The van der Waals surface area contributed by atoms with E-state index in [0.29, 0.717) is 11.4 Å². The Kier molecular flexibility index (Phi) is 3.96. The van der Waals surface area contributed by atoms with Gasteiger partial charge in [0.15, 0.2) is 0 Å². The van der Waals surface area contributed by atoms with Gasteiger partial charge in [0.1, 0.15) is 0 Å². The molecule has 2 aromatic rings. The topological polar surface area (TPSA) is 88.2 Å². The molecule has 1 aromatic heterocycles. The fourth-order valence-electron chi connectivity index (χ4n) is 2.60. The van der Waals surface area contributed by atoms with Crippen molar-refractivity contribution in [1.29, 1.82) is 0 Å². The second-order valence-corrected chi connectivity index (χ2v) is 5.26. The molecule has 0 aliphatic heterocycles. The summed E-state index contributed by atoms with van der Waals surface area (Å²) >= 11 is 0. The number of amides is 1. The monoisotopic (exact) mass is 287 g/mol. The van der Waals surface area contributed by atoms with E-state index in [2.05, 4.69) is 15.5 Å². The highest BCUT2D eigenvalue weighted by atomic mass is 16.5. The van der Waals surface area contributed by atoms with Crippen molar-refractivity contribution in [2.75, 3.05) is 0 Å². The third kappa shape index (κ3) is 3.11. The highest BCUT2D eigenvalue weighted by Crippen LogP contribution is 2.19. The van der Waals surface area contributed by atoms with Gasteiger partial charge in [-0.2, -0.15) is 4.98 Å². The normalized spacial score (nSPS) is 22.0. The summed E-state index contributed by atoms with van der Waals surface area (Å²) < 4.78 is 4.69. The summed E-state index contributed by atoms with van der Waals surface area (Å²) in [4.78, 5) is 16.1. The Morgan fingerprint density at radius 1 is 1.24 bits per heavy atom. The first-order valence-electron chi connectivity index (χ1n) is 7.10. The molecule has 1 fully saturated rings. The number of carbonyl (C=O) groups excluding carboxylic acids is 1. The van der Waals surface area contributed by atoms with Crippen LogP contribution in [0.2, 0.25) is 0 Å². The second kappa shape index (κ2) is 6.05. The Labute approximate surface area is 122 Å². The molecule has 1 heterocycles. The molecular formula is C15H17N3O3. The minimum absolute atomic E-state index is 0.150. The van der Waals surface area contributed by atoms with Gasteiger partial charge in [-0.15, -0.1) is 0 Å². The van der Waals surface area contributed by atoms with Crippen LogP contribution in [0.5, 0.6) is 0 Å². The van der Waals surface area contributed by atoms with Crippen molar-refractivity contribution in [3.05, 3.63) is 36.2 Å². The summed E-state index contributed by atoms with van der Waals surface area (Å²) in [6.45, 7) is 0. The first-order valence-corrected chi connectivity index (χ1v) is 7.10. The SMILES string of the molecule is O=C(NC1CCCCC1O)c1ccc(-c2ncon2)cc1. The number of nitrogens with zero attached hydrogens (tertiary/aromatic N) is 2. The predicted molar refractivity (Wildman–Crippen MR) is 75.5 cm³/mol. The number of nitrogens with one attached hydrogen (secondary N) is 1. The Hall–Kier alpha value is -2.21. The standard InChI is InChI=1S/C15H17N3O3/c19-13-4-2-1-3-12(13)17-15(20)11-7-5-10(6-8-11)14-16-9-21-18-14/h5-9,12-13,19H,1-4H2,(H,17,20). The van der Waals surface area contributed by atoms with Gasteiger partial charge in [-0.25, -0.2) is 0 Å². The summed E-state index contributed by atoms with van der Waals surface area (Å²) in [5.41, 5.74) is 1.35. The number of aliphatic hydroxyl groups is 1. The van der Waals surface area contributed by atoms with Crippen LogP contribution in [0.15, 0.2) is 35.2 Å². The first-order chi connectivity index (χ1) is 10.2. The summed E-state index contributed by atoms with van der Waals surface area (Å²) in [5, 5.41) is 16.5. The zero-order chi connectivity index (χ0) is 14.7. The molecule has 2 N–H and O–H groups in total. The van der Waals surface area contributed by atoms with E-state index >= 15 is 0 Å². The van der Waals surface area contributed by atoms with Gasteiger partial charge in [0.25, 0.3) is 5.91 Å². The fraction of sp³-hybridized carbons (Fsp3) is 0.400. The quantitative estimate of drug-likeness (QED) is 0.898. The summed E-state index contributed by atoms with van der Waals surface area (Å²) in [7, 11) is 0. The van der Waals surface area contributed by atoms with Gasteiger partial charge in [-0.05, 0) is 25.0 Å². The largest absolute Gasteiger partial charge is 0.391 e. The molecule has 1 amide bonds. The Morgan fingerprint density at radius 3 is 2.67 bits per heavy atom. The van der Waals surface area contributed by atoms with Gasteiger partial charge in [0.05, 0.1) is 12.1 Å². The molecular weight excluding hydrogens is 270 g/mol. The van der Waals surface area contributed by atoms with Crippen LogP contribution in [0.25, 0.3) is 11.4 Å². The molecule has 3 rings (SSSR count). The van der Waals surface area contributed by atoms with E-state index in [1.165, 1.54) is 6.39 Å². The van der Waals surface area contributed by atoms with Gasteiger partial charge in [-0.3, -0.25) is 4.79 Å². The Balaban J connectivity index is 1.67. The molecule has 1 aliphatic rings. The van der Waals surface area contributed by atoms with Crippen LogP contribution >= 0.6 is 0 Å². The lowest BCUT2D eigenvalue weighted by Gasteiger charge is -2.28. The van der Waals surface area contributed by atoms with E-state index < -0.39 is 6.10 Å². The minimum atomic E-state index is -0.443. The van der Waals surface area contributed by atoms with E-state index in [4.69, 9.17) is 4.52 Å². The van der Waals surface area contributed by atoms with Gasteiger partial charge >= 0.3 is 0 Å². The molecule has 2 atom stereocenters. The molecule has 0 bridgehead atoms. The average Bonchev–Trinajstić information content (AvgIpc) is 3.04. The summed E-state index contributed by atoms with van der Waals surface area (Å²) in [6, 6.07) is 6.84. The zero-order valence-corrected chi connectivity index (χ0v) is 11.5. The number of aliphatic hydroxyl groups excluding tert-OH is 1. The molecule has 2 unspecified atom stereocenters. The Bertz CT molecular complexity index is 595. The molecule has 21 heavy (non-hydrogen) atoms. The van der Waals surface area contributed by atoms with Crippen molar-refractivity contribution in [3.8, 4) is 11.4 Å². The third-order valence-corrected chi connectivity index (χ3v) is 3.81.